The number of amides is 3. The minimum atomic E-state index is -0.683. The molecule has 2 fully saturated rings. The zero-order chi connectivity index (χ0) is 22.4. The Balaban J connectivity index is 1.65. The van der Waals surface area contributed by atoms with Crippen molar-refractivity contribution in [2.75, 3.05) is 39.3 Å². The second-order valence-corrected chi connectivity index (χ2v) is 8.54. The van der Waals surface area contributed by atoms with Gasteiger partial charge in [0.1, 0.15) is 6.04 Å². The Bertz CT molecular complexity index is 855. The molecule has 0 aromatic heterocycles. The van der Waals surface area contributed by atoms with E-state index in [-0.39, 0.29) is 50.3 Å². The molecule has 2 saturated heterocycles. The maximum absolute atomic E-state index is 12.9. The second kappa shape index (κ2) is 11.0. The number of carbonyl (C=O) groups is 3. The normalized spacial score (nSPS) is 18.5. The molecule has 2 aliphatic rings. The van der Waals surface area contributed by atoms with Crippen LogP contribution >= 0.6 is 23.2 Å². The first kappa shape index (κ1) is 23.6. The summed E-state index contributed by atoms with van der Waals surface area (Å²) >= 11 is 11.9. The molecule has 2 aliphatic heterocycles. The summed E-state index contributed by atoms with van der Waals surface area (Å²) in [5, 5.41) is 10.3. The Hall–Kier alpha value is -2.09. The van der Waals surface area contributed by atoms with Gasteiger partial charge in [0.15, 0.2) is 0 Å². The van der Waals surface area contributed by atoms with Gasteiger partial charge in [-0.15, -0.1) is 0 Å². The molecule has 1 aromatic rings. The second-order valence-electron chi connectivity index (χ2n) is 7.73. The number of likely N-dealkylation sites (tertiary alicyclic amines) is 1. The summed E-state index contributed by atoms with van der Waals surface area (Å²) in [5.74, 6) is -0.501. The van der Waals surface area contributed by atoms with E-state index in [1.165, 1.54) is 11.0 Å². The first-order chi connectivity index (χ1) is 14.9. The van der Waals surface area contributed by atoms with Crippen LogP contribution in [0.2, 0.25) is 10.0 Å². The fourth-order valence-corrected chi connectivity index (χ4v) is 4.27. The summed E-state index contributed by atoms with van der Waals surface area (Å²) in [5.41, 5.74) is 0.745. The molecular weight excluding hydrogens is 441 g/mol. The summed E-state index contributed by atoms with van der Waals surface area (Å²) in [6, 6.07) is 4.41. The fourth-order valence-electron chi connectivity index (χ4n) is 3.96. The number of benzene rings is 1. The number of hydrogen-bond acceptors (Lipinski definition) is 4. The van der Waals surface area contributed by atoms with Crippen molar-refractivity contribution in [2.24, 2.45) is 0 Å². The van der Waals surface area contributed by atoms with Crippen molar-refractivity contribution in [1.29, 1.82) is 0 Å². The first-order valence-corrected chi connectivity index (χ1v) is 11.3. The van der Waals surface area contributed by atoms with E-state index in [0.717, 1.165) is 18.4 Å². The molecule has 1 N–H and O–H groups in total. The number of rotatable bonds is 6. The lowest BCUT2D eigenvalue weighted by molar-refractivity contribution is -0.145. The largest absolute Gasteiger partial charge is 0.396 e. The van der Waals surface area contributed by atoms with Gasteiger partial charge in [-0.3, -0.25) is 14.4 Å². The van der Waals surface area contributed by atoms with Crippen LogP contribution in [0.5, 0.6) is 0 Å². The zero-order valence-corrected chi connectivity index (χ0v) is 18.8. The number of nitrogens with zero attached hydrogens (tertiary/aromatic N) is 3. The molecule has 3 rings (SSSR count). The Morgan fingerprint density at radius 1 is 1.03 bits per heavy atom. The van der Waals surface area contributed by atoms with Crippen LogP contribution in [0.15, 0.2) is 24.3 Å². The van der Waals surface area contributed by atoms with Gasteiger partial charge in [0, 0.05) is 51.8 Å². The summed E-state index contributed by atoms with van der Waals surface area (Å²) < 4.78 is 0. The fraction of sp³-hybridized carbons (Fsp3) is 0.500. The summed E-state index contributed by atoms with van der Waals surface area (Å²) in [6.45, 7) is 2.06. The molecule has 3 amide bonds. The van der Waals surface area contributed by atoms with Crippen molar-refractivity contribution in [2.45, 2.75) is 31.7 Å². The van der Waals surface area contributed by atoms with Gasteiger partial charge in [-0.05, 0) is 43.0 Å². The van der Waals surface area contributed by atoms with Crippen LogP contribution in [0.25, 0.3) is 6.08 Å². The van der Waals surface area contributed by atoms with E-state index in [0.29, 0.717) is 29.7 Å². The Morgan fingerprint density at radius 2 is 1.77 bits per heavy atom. The Kier molecular flexibility index (Phi) is 8.35. The highest BCUT2D eigenvalue weighted by atomic mass is 35.5. The molecule has 0 radical (unpaired) electrons. The van der Waals surface area contributed by atoms with E-state index in [1.54, 1.807) is 34.1 Å². The predicted molar refractivity (Wildman–Crippen MR) is 120 cm³/mol. The summed E-state index contributed by atoms with van der Waals surface area (Å²) in [4.78, 5) is 43.2. The van der Waals surface area contributed by atoms with E-state index in [2.05, 4.69) is 0 Å². The number of aliphatic hydroxyl groups is 1. The van der Waals surface area contributed by atoms with Crippen LogP contribution < -0.4 is 0 Å². The van der Waals surface area contributed by atoms with Gasteiger partial charge in [-0.2, -0.15) is 0 Å². The van der Waals surface area contributed by atoms with E-state index >= 15 is 0 Å². The van der Waals surface area contributed by atoms with Crippen LogP contribution in [-0.2, 0) is 14.4 Å². The van der Waals surface area contributed by atoms with E-state index in [9.17, 15) is 19.5 Å². The molecule has 168 valence electrons. The zero-order valence-electron chi connectivity index (χ0n) is 17.3. The highest BCUT2D eigenvalue weighted by Crippen LogP contribution is 2.23. The topological polar surface area (TPSA) is 81.2 Å². The molecule has 2 heterocycles. The Labute approximate surface area is 192 Å². The van der Waals surface area contributed by atoms with Crippen molar-refractivity contribution in [1.82, 2.24) is 14.7 Å². The van der Waals surface area contributed by atoms with E-state index in [4.69, 9.17) is 23.2 Å². The van der Waals surface area contributed by atoms with Crippen molar-refractivity contribution >= 4 is 47.0 Å². The lowest BCUT2D eigenvalue weighted by Gasteiger charge is -2.32. The third-order valence-electron chi connectivity index (χ3n) is 5.68. The molecule has 0 aliphatic carbocycles. The molecule has 1 atom stereocenters. The lowest BCUT2D eigenvalue weighted by Crippen LogP contribution is -2.51. The Morgan fingerprint density at radius 3 is 2.45 bits per heavy atom. The highest BCUT2D eigenvalue weighted by Gasteiger charge is 2.35. The maximum atomic E-state index is 12.9. The first-order valence-electron chi connectivity index (χ1n) is 10.5. The minimum absolute atomic E-state index is 0.112. The standard InChI is InChI=1S/C22H27Cl2N3O4/c23-17-5-3-16(15-18(17)24)4-6-20(29)25-11-7-21(30)27(13-12-25)19(8-14-28)22(31)26-9-1-2-10-26/h3-6,15,19,28H,1-2,7-14H2/b6-4+. The van der Waals surface area contributed by atoms with Gasteiger partial charge in [0.05, 0.1) is 10.0 Å². The molecule has 1 aromatic carbocycles. The van der Waals surface area contributed by atoms with E-state index < -0.39 is 6.04 Å². The van der Waals surface area contributed by atoms with Crippen molar-refractivity contribution in [3.8, 4) is 0 Å². The van der Waals surface area contributed by atoms with Crippen LogP contribution in [-0.4, -0.2) is 82.9 Å². The smallest absolute Gasteiger partial charge is 0.246 e. The monoisotopic (exact) mass is 467 g/mol. The van der Waals surface area contributed by atoms with Gasteiger partial charge in [0.25, 0.3) is 0 Å². The van der Waals surface area contributed by atoms with Gasteiger partial charge < -0.3 is 19.8 Å². The molecule has 1 unspecified atom stereocenters. The van der Waals surface area contributed by atoms with Crippen molar-refractivity contribution in [3.05, 3.63) is 39.9 Å². The van der Waals surface area contributed by atoms with Crippen LogP contribution in [0.4, 0.5) is 0 Å². The molecule has 9 heteroatoms. The number of aliphatic hydroxyl groups excluding tert-OH is 1. The SMILES string of the molecule is O=C(/C=C/c1ccc(Cl)c(Cl)c1)N1CCC(=O)N(C(CCO)C(=O)N2CCCC2)CC1. The molecule has 0 spiro atoms. The third kappa shape index (κ3) is 5.99. The van der Waals surface area contributed by atoms with Crippen molar-refractivity contribution in [3.63, 3.8) is 0 Å². The van der Waals surface area contributed by atoms with Crippen LogP contribution in [0.3, 0.4) is 0 Å². The number of halogens is 2. The summed E-state index contributed by atoms with van der Waals surface area (Å²) in [6.07, 6.45) is 5.35. The molecular formula is C22H27Cl2N3O4. The number of carbonyl (C=O) groups excluding carboxylic acids is 3. The number of hydrogen-bond donors (Lipinski definition) is 1. The minimum Gasteiger partial charge on any atom is -0.396 e. The van der Waals surface area contributed by atoms with Gasteiger partial charge in [-0.25, -0.2) is 0 Å². The summed E-state index contributed by atoms with van der Waals surface area (Å²) in [7, 11) is 0. The predicted octanol–water partition coefficient (Wildman–Crippen LogP) is 2.44. The van der Waals surface area contributed by atoms with Crippen LogP contribution in [0, 0.1) is 0 Å². The molecule has 7 nitrogen and oxygen atoms in total. The van der Waals surface area contributed by atoms with Crippen molar-refractivity contribution < 1.29 is 19.5 Å². The maximum Gasteiger partial charge on any atom is 0.246 e. The molecule has 0 saturated carbocycles. The lowest BCUT2D eigenvalue weighted by atomic mass is 10.1. The molecule has 31 heavy (non-hydrogen) atoms. The third-order valence-corrected chi connectivity index (χ3v) is 6.42. The quantitative estimate of drug-likeness (QED) is 0.651. The average molecular weight is 468 g/mol. The van der Waals surface area contributed by atoms with E-state index in [1.807, 2.05) is 0 Å². The van der Waals surface area contributed by atoms with Crippen LogP contribution in [0.1, 0.15) is 31.2 Å². The molecule has 0 bridgehead atoms. The van der Waals surface area contributed by atoms with Gasteiger partial charge in [0.2, 0.25) is 17.7 Å². The average Bonchev–Trinajstić information content (AvgIpc) is 3.23. The van der Waals surface area contributed by atoms with Gasteiger partial charge >= 0.3 is 0 Å². The van der Waals surface area contributed by atoms with Gasteiger partial charge in [-0.1, -0.05) is 29.3 Å². The highest BCUT2D eigenvalue weighted by molar-refractivity contribution is 6.42.